The zero-order valence-electron chi connectivity index (χ0n) is 16.8. The molecule has 0 aromatic heterocycles. The van der Waals surface area contributed by atoms with Crippen LogP contribution in [-0.4, -0.2) is 42.6 Å². The van der Waals surface area contributed by atoms with Crippen LogP contribution in [0.5, 0.6) is 0 Å². The maximum absolute atomic E-state index is 12.0. The van der Waals surface area contributed by atoms with Crippen molar-refractivity contribution in [2.45, 2.75) is 44.4 Å². The summed E-state index contributed by atoms with van der Waals surface area (Å²) < 4.78 is 6.71. The van der Waals surface area contributed by atoms with E-state index >= 15 is 0 Å². The average Bonchev–Trinajstić information content (AvgIpc) is 2.85. The average molecular weight is 397 g/mol. The standard InChI is InChI=1S/C23H28O4Si/c1-22(2,3)28(18-11-7-5-8-12-18,19-13-9-6-10-14-19)27-16-17-15-20(24)23(4,26)21(17)25/h5-15,21,25-26H,16H2,1-4H3/t21-,23+/m1/s1. The first-order valence-electron chi connectivity index (χ1n) is 9.51. The van der Waals surface area contributed by atoms with Gasteiger partial charge >= 0.3 is 0 Å². The van der Waals surface area contributed by atoms with Crippen molar-refractivity contribution in [2.24, 2.45) is 0 Å². The van der Waals surface area contributed by atoms with Crippen LogP contribution in [0.3, 0.4) is 0 Å². The summed E-state index contributed by atoms with van der Waals surface area (Å²) in [5.74, 6) is -0.485. The van der Waals surface area contributed by atoms with Crippen LogP contribution in [0.25, 0.3) is 0 Å². The molecule has 0 aliphatic heterocycles. The first-order valence-corrected chi connectivity index (χ1v) is 11.4. The predicted molar refractivity (Wildman–Crippen MR) is 113 cm³/mol. The minimum Gasteiger partial charge on any atom is -0.403 e. The van der Waals surface area contributed by atoms with Gasteiger partial charge in [-0.15, -0.1) is 0 Å². The Bertz CT molecular complexity index is 827. The summed E-state index contributed by atoms with van der Waals surface area (Å²) in [4.78, 5) is 12.0. The normalized spacial score (nSPS) is 23.0. The van der Waals surface area contributed by atoms with Gasteiger partial charge in [0.15, 0.2) is 11.4 Å². The van der Waals surface area contributed by atoms with Gasteiger partial charge in [0.1, 0.15) is 6.10 Å². The number of aliphatic hydroxyl groups is 2. The summed E-state index contributed by atoms with van der Waals surface area (Å²) in [5, 5.41) is 22.7. The molecule has 2 atom stereocenters. The molecule has 0 spiro atoms. The number of hydrogen-bond donors (Lipinski definition) is 2. The number of benzene rings is 2. The van der Waals surface area contributed by atoms with Crippen LogP contribution < -0.4 is 10.4 Å². The van der Waals surface area contributed by atoms with Crippen molar-refractivity contribution in [3.63, 3.8) is 0 Å². The third kappa shape index (κ3) is 3.39. The van der Waals surface area contributed by atoms with E-state index in [1.807, 2.05) is 36.4 Å². The molecular formula is C23H28O4Si. The fraction of sp³-hybridized carbons (Fsp3) is 0.348. The van der Waals surface area contributed by atoms with Crippen LogP contribution >= 0.6 is 0 Å². The van der Waals surface area contributed by atoms with E-state index < -0.39 is 25.8 Å². The number of hydrogen-bond acceptors (Lipinski definition) is 4. The van der Waals surface area contributed by atoms with E-state index in [2.05, 4.69) is 45.0 Å². The van der Waals surface area contributed by atoms with Crippen LogP contribution in [0.15, 0.2) is 72.3 Å². The molecule has 2 N–H and O–H groups in total. The molecule has 0 unspecified atom stereocenters. The SMILES string of the molecule is CC(C)(C)[Si](OCC1=CC(=O)[C@](C)(O)[C@@H]1O)(c1ccccc1)c1ccccc1. The summed E-state index contributed by atoms with van der Waals surface area (Å²) in [6.45, 7) is 7.93. The Kier molecular flexibility index (Phi) is 5.47. The molecule has 0 amide bonds. The molecule has 3 rings (SSSR count). The summed E-state index contributed by atoms with van der Waals surface area (Å²) in [5.41, 5.74) is -1.37. The summed E-state index contributed by atoms with van der Waals surface area (Å²) in [6, 6.07) is 20.3. The summed E-state index contributed by atoms with van der Waals surface area (Å²) >= 11 is 0. The molecule has 0 heterocycles. The van der Waals surface area contributed by atoms with Crippen molar-refractivity contribution >= 4 is 24.5 Å². The number of ketones is 1. The Morgan fingerprint density at radius 2 is 1.46 bits per heavy atom. The molecule has 0 bridgehead atoms. The predicted octanol–water partition coefficient (Wildman–Crippen LogP) is 2.18. The minimum absolute atomic E-state index is 0.0936. The highest BCUT2D eigenvalue weighted by Crippen LogP contribution is 2.38. The van der Waals surface area contributed by atoms with Crippen LogP contribution in [0.1, 0.15) is 27.7 Å². The molecular weight excluding hydrogens is 368 g/mol. The van der Waals surface area contributed by atoms with Crippen LogP contribution in [-0.2, 0) is 9.22 Å². The highest BCUT2D eigenvalue weighted by atomic mass is 28.4. The number of carbonyl (C=O) groups is 1. The first kappa shape index (κ1) is 20.7. The van der Waals surface area contributed by atoms with Crippen molar-refractivity contribution in [1.29, 1.82) is 0 Å². The summed E-state index contributed by atoms with van der Waals surface area (Å²) in [7, 11) is -2.76. The molecule has 0 radical (unpaired) electrons. The molecule has 148 valence electrons. The number of aliphatic hydroxyl groups excluding tert-OH is 1. The topological polar surface area (TPSA) is 66.8 Å². The van der Waals surface area contributed by atoms with E-state index in [0.717, 1.165) is 10.4 Å². The fourth-order valence-electron chi connectivity index (χ4n) is 3.96. The van der Waals surface area contributed by atoms with Gasteiger partial charge in [-0.25, -0.2) is 0 Å². The highest BCUT2D eigenvalue weighted by Gasteiger charge is 2.51. The molecule has 1 aliphatic carbocycles. The Balaban J connectivity index is 2.08. The van der Waals surface area contributed by atoms with Crippen LogP contribution in [0.4, 0.5) is 0 Å². The second kappa shape index (κ2) is 7.41. The molecule has 0 saturated carbocycles. The smallest absolute Gasteiger partial charge is 0.261 e. The molecule has 0 fully saturated rings. The Morgan fingerprint density at radius 1 is 1.00 bits per heavy atom. The lowest BCUT2D eigenvalue weighted by molar-refractivity contribution is -0.136. The van der Waals surface area contributed by atoms with Crippen LogP contribution in [0, 0.1) is 0 Å². The molecule has 5 heteroatoms. The van der Waals surface area contributed by atoms with Gasteiger partial charge in [-0.3, -0.25) is 4.79 Å². The van der Waals surface area contributed by atoms with E-state index in [1.54, 1.807) is 0 Å². The third-order valence-electron chi connectivity index (χ3n) is 5.57. The van der Waals surface area contributed by atoms with E-state index in [9.17, 15) is 15.0 Å². The third-order valence-corrected chi connectivity index (χ3v) is 10.6. The monoisotopic (exact) mass is 396 g/mol. The Hall–Kier alpha value is -2.05. The molecule has 1 aliphatic rings. The van der Waals surface area contributed by atoms with Gasteiger partial charge in [-0.2, -0.15) is 0 Å². The van der Waals surface area contributed by atoms with Gasteiger partial charge in [0, 0.05) is 0 Å². The maximum Gasteiger partial charge on any atom is 0.261 e. The van der Waals surface area contributed by atoms with Crippen molar-refractivity contribution < 1.29 is 19.4 Å². The van der Waals surface area contributed by atoms with E-state index in [1.165, 1.54) is 13.0 Å². The second-order valence-electron chi connectivity index (χ2n) is 8.59. The zero-order chi connectivity index (χ0) is 20.6. The van der Waals surface area contributed by atoms with E-state index in [-0.39, 0.29) is 11.6 Å². The maximum atomic E-state index is 12.0. The van der Waals surface area contributed by atoms with Crippen molar-refractivity contribution in [3.05, 3.63) is 72.3 Å². The quantitative estimate of drug-likeness (QED) is 0.761. The number of rotatable bonds is 5. The molecule has 2 aromatic rings. The van der Waals surface area contributed by atoms with Crippen LogP contribution in [0.2, 0.25) is 5.04 Å². The van der Waals surface area contributed by atoms with Gasteiger partial charge in [0.05, 0.1) is 6.61 Å². The number of carbonyl (C=O) groups excluding carboxylic acids is 1. The second-order valence-corrected chi connectivity index (χ2v) is 12.9. The lowest BCUT2D eigenvalue weighted by Crippen LogP contribution is -2.66. The lowest BCUT2D eigenvalue weighted by Gasteiger charge is -2.43. The fourth-order valence-corrected chi connectivity index (χ4v) is 8.50. The van der Waals surface area contributed by atoms with Gasteiger partial charge in [0.25, 0.3) is 8.32 Å². The zero-order valence-corrected chi connectivity index (χ0v) is 17.8. The highest BCUT2D eigenvalue weighted by molar-refractivity contribution is 6.99. The largest absolute Gasteiger partial charge is 0.403 e. The Morgan fingerprint density at radius 3 is 1.82 bits per heavy atom. The van der Waals surface area contributed by atoms with Gasteiger partial charge in [-0.1, -0.05) is 81.4 Å². The van der Waals surface area contributed by atoms with E-state index in [4.69, 9.17) is 4.43 Å². The summed E-state index contributed by atoms with van der Waals surface area (Å²) in [6.07, 6.45) is 0.0702. The minimum atomic E-state index is -2.76. The first-order chi connectivity index (χ1) is 13.1. The molecule has 0 saturated heterocycles. The lowest BCUT2D eigenvalue weighted by atomic mass is 9.98. The van der Waals surface area contributed by atoms with Gasteiger partial charge in [-0.05, 0) is 34.0 Å². The molecule has 4 nitrogen and oxygen atoms in total. The van der Waals surface area contributed by atoms with E-state index in [0.29, 0.717) is 5.57 Å². The molecule has 28 heavy (non-hydrogen) atoms. The van der Waals surface area contributed by atoms with Crippen molar-refractivity contribution in [2.75, 3.05) is 6.61 Å². The Labute approximate surface area is 167 Å². The molecule has 2 aromatic carbocycles. The van der Waals surface area contributed by atoms with Crippen molar-refractivity contribution in [3.8, 4) is 0 Å². The van der Waals surface area contributed by atoms with Gasteiger partial charge in [0.2, 0.25) is 0 Å². The van der Waals surface area contributed by atoms with Gasteiger partial charge < -0.3 is 14.6 Å². The van der Waals surface area contributed by atoms with Crippen molar-refractivity contribution in [1.82, 2.24) is 0 Å².